The molecule has 8 aromatic rings. The number of carbonyl (C=O) groups is 1. The second-order valence-corrected chi connectivity index (χ2v) is 47.7. The Bertz CT molecular complexity index is 4740. The van der Waals surface area contributed by atoms with E-state index in [1.165, 1.54) is 74.5 Å². The van der Waals surface area contributed by atoms with E-state index in [1.807, 2.05) is 85.9 Å². The molecule has 97 heavy (non-hydrogen) atoms. The zero-order chi connectivity index (χ0) is 74.1. The predicted octanol–water partition coefficient (Wildman–Crippen LogP) is 15.4. The molecule has 4 aromatic carbocycles. The SMILES string of the molecule is CCS(=O)(=O)c1cc(Br)cc(C(C)(C)C)c1.CCS(=O)(=O)c1cc(C(C)(C)C)cc(S(=O)(=O)c2ccc(C=O)s2)c1.CCS(=O)(=O)c1cc(C(C)(C)C)cc(S(=O)(=O)c2ccc(CN)s2)c1.CCS(=O)(=O)c1cc(C(C)(C)C)cc(S(=O)(=O)c2ccc(CO)s2)c1.Sc1cccs1. The fraction of sp³-hybridized carbons (Fsp3) is 0.388. The lowest BCUT2D eigenvalue weighted by Crippen LogP contribution is -2.15. The van der Waals surface area contributed by atoms with Gasteiger partial charge in [-0.15, -0.1) is 58.0 Å². The van der Waals surface area contributed by atoms with Gasteiger partial charge in [0.25, 0.3) is 0 Å². The lowest BCUT2D eigenvalue weighted by molar-refractivity contribution is 0.112. The van der Waals surface area contributed by atoms with Gasteiger partial charge in [-0.2, -0.15) is 0 Å². The van der Waals surface area contributed by atoms with Gasteiger partial charge in [0, 0.05) is 20.8 Å². The summed E-state index contributed by atoms with van der Waals surface area (Å²) in [4.78, 5) is 12.7. The summed E-state index contributed by atoms with van der Waals surface area (Å²) < 4.78 is 177. The zero-order valence-corrected chi connectivity index (χ0v) is 68.4. The first kappa shape index (κ1) is 85.2. The highest BCUT2D eigenvalue weighted by molar-refractivity contribution is 9.10. The molecule has 3 N–H and O–H groups in total. The van der Waals surface area contributed by atoms with Gasteiger partial charge in [0.1, 0.15) is 12.6 Å². The topological polar surface area (TPSA) is 302 Å². The smallest absolute Gasteiger partial charge is 0.216 e. The van der Waals surface area contributed by atoms with Gasteiger partial charge in [-0.25, -0.2) is 58.9 Å². The van der Waals surface area contributed by atoms with Crippen LogP contribution in [0.15, 0.2) is 182 Å². The molecule has 0 fully saturated rings. The number of aliphatic hydroxyl groups is 1. The van der Waals surface area contributed by atoms with Crippen molar-refractivity contribution in [1.82, 2.24) is 0 Å². The summed E-state index contributed by atoms with van der Waals surface area (Å²) in [6.07, 6.45) is 0.586. The van der Waals surface area contributed by atoms with Gasteiger partial charge in [0.15, 0.2) is 45.6 Å². The van der Waals surface area contributed by atoms with Crippen molar-refractivity contribution in [2.45, 2.75) is 197 Å². The van der Waals surface area contributed by atoms with Crippen molar-refractivity contribution >= 4 is 149 Å². The monoisotopic (exact) mass is 1620 g/mol. The van der Waals surface area contributed by atoms with Crippen LogP contribution in [0.3, 0.4) is 0 Å². The Balaban J connectivity index is 0.000000269. The molecule has 30 heteroatoms. The molecule has 4 heterocycles. The Morgan fingerprint density at radius 3 is 0.969 bits per heavy atom. The zero-order valence-electron chi connectivity index (χ0n) is 56.9. The number of hydrogen-bond donors (Lipinski definition) is 3. The lowest BCUT2D eigenvalue weighted by Gasteiger charge is -2.21. The summed E-state index contributed by atoms with van der Waals surface area (Å²) in [7, 11) is -25.3. The summed E-state index contributed by atoms with van der Waals surface area (Å²) in [5.41, 5.74) is 7.23. The van der Waals surface area contributed by atoms with Crippen LogP contribution >= 0.6 is 73.9 Å². The molecule has 0 atom stereocenters. The van der Waals surface area contributed by atoms with Crippen LogP contribution in [0.5, 0.6) is 0 Å². The third-order valence-corrected chi connectivity index (χ3v) is 32.8. The second-order valence-electron chi connectivity index (χ2n) is 25.9. The fourth-order valence-corrected chi connectivity index (χ4v) is 21.6. The molecule has 0 unspecified atom stereocenters. The van der Waals surface area contributed by atoms with E-state index in [9.17, 15) is 63.7 Å². The number of sulfone groups is 7. The molecule has 0 amide bonds. The van der Waals surface area contributed by atoms with Gasteiger partial charge in [-0.1, -0.05) is 133 Å². The van der Waals surface area contributed by atoms with Crippen molar-refractivity contribution in [3.8, 4) is 0 Å². The standard InChI is InChI=1S/C17H23NO4S3.C17H22O5S3.C17H20O5S3.C12H17BrO2S.C4H4S2/c3*1-5-24(19,20)14-8-12(17(2,3)4)9-15(10-14)25(21,22)16-7-6-13(11-18)23-16;1-5-16(14,15)11-7-9(12(2,3)4)6-10(13)8-11;5-4-2-1-3-6-4/h6-10H,5,11,18H2,1-4H3;6-10,18H,5,11H2,1-4H3;6-11H,5H2,1-4H3;6-8H,5H2,1-4H3;1-3,5H. The summed E-state index contributed by atoms with van der Waals surface area (Å²) in [5, 5.41) is 11.2. The van der Waals surface area contributed by atoms with Crippen molar-refractivity contribution in [2.75, 3.05) is 23.0 Å². The van der Waals surface area contributed by atoms with Crippen LogP contribution in [-0.4, -0.2) is 93.3 Å². The Morgan fingerprint density at radius 2 is 0.722 bits per heavy atom. The molecule has 0 aliphatic heterocycles. The quantitative estimate of drug-likeness (QED) is 0.0563. The van der Waals surface area contributed by atoms with Gasteiger partial charge in [0.05, 0.1) is 73.0 Å². The fourth-order valence-electron chi connectivity index (χ4n) is 8.22. The highest BCUT2D eigenvalue weighted by Gasteiger charge is 2.31. The Hall–Kier alpha value is -4.25. The number of halogens is 1. The Morgan fingerprint density at radius 1 is 0.423 bits per heavy atom. The van der Waals surface area contributed by atoms with E-state index in [4.69, 9.17) is 10.8 Å². The van der Waals surface area contributed by atoms with Gasteiger partial charge in [0.2, 0.25) is 29.5 Å². The summed E-state index contributed by atoms with van der Waals surface area (Å²) in [6.45, 7) is 29.6. The van der Waals surface area contributed by atoms with E-state index in [1.54, 1.807) is 67.6 Å². The van der Waals surface area contributed by atoms with E-state index in [0.717, 1.165) is 53.1 Å². The normalized spacial score (nSPS) is 12.8. The molecule has 0 saturated carbocycles. The summed E-state index contributed by atoms with van der Waals surface area (Å²) in [5.74, 6) is -0.175. The average Bonchev–Trinajstić information content (AvgIpc) is 1.70. The molecule has 0 aliphatic carbocycles. The van der Waals surface area contributed by atoms with E-state index >= 15 is 0 Å². The number of benzene rings is 4. The average molecular weight is 1630 g/mol. The Kier molecular flexibility index (Phi) is 29.2. The van der Waals surface area contributed by atoms with Gasteiger partial charge >= 0.3 is 0 Å². The summed E-state index contributed by atoms with van der Waals surface area (Å²) >= 11 is 12.0. The minimum atomic E-state index is -3.91. The van der Waals surface area contributed by atoms with E-state index < -0.39 is 79.7 Å². The number of aldehydes is 1. The van der Waals surface area contributed by atoms with Crippen molar-refractivity contribution in [1.29, 1.82) is 0 Å². The van der Waals surface area contributed by atoms with Crippen LogP contribution in [0.1, 0.15) is 152 Å². The largest absolute Gasteiger partial charge is 0.391 e. The highest BCUT2D eigenvalue weighted by atomic mass is 79.9. The van der Waals surface area contributed by atoms with Crippen LogP contribution in [0.4, 0.5) is 0 Å². The van der Waals surface area contributed by atoms with Crippen molar-refractivity contribution in [3.63, 3.8) is 0 Å². The molecule has 0 bridgehead atoms. The molecule has 0 aliphatic rings. The molecule has 0 saturated heterocycles. The first-order valence-corrected chi connectivity index (χ1v) is 45.6. The molecule has 0 spiro atoms. The minimum Gasteiger partial charge on any atom is -0.391 e. The molecular weight excluding hydrogens is 1540 g/mol. The number of thiol groups is 1. The van der Waals surface area contributed by atoms with E-state index in [0.29, 0.717) is 37.6 Å². The van der Waals surface area contributed by atoms with Crippen LogP contribution in [0, 0.1) is 0 Å². The number of rotatable bonds is 17. The van der Waals surface area contributed by atoms with Gasteiger partial charge in [-0.05, 0) is 165 Å². The highest BCUT2D eigenvalue weighted by Crippen LogP contribution is 2.38. The predicted molar refractivity (Wildman–Crippen MR) is 399 cm³/mol. The van der Waals surface area contributed by atoms with Crippen molar-refractivity contribution in [2.24, 2.45) is 5.73 Å². The number of carbonyl (C=O) groups excluding carboxylic acids is 1. The van der Waals surface area contributed by atoms with Crippen molar-refractivity contribution < 1.29 is 68.8 Å². The van der Waals surface area contributed by atoms with Gasteiger partial charge in [-0.3, -0.25) is 4.79 Å². The van der Waals surface area contributed by atoms with Crippen LogP contribution in [-0.2, 0) is 104 Å². The summed E-state index contributed by atoms with van der Waals surface area (Å²) in [6, 6.07) is 31.2. The second kappa shape index (κ2) is 33.2. The number of thiophene rings is 4. The molecular formula is C67H86BrNO16S12. The lowest BCUT2D eigenvalue weighted by atomic mass is 9.87. The number of hydrogen-bond acceptors (Lipinski definition) is 22. The maximum Gasteiger partial charge on any atom is 0.216 e. The van der Waals surface area contributed by atoms with E-state index in [-0.39, 0.29) is 89.0 Å². The number of nitrogens with two attached hydrogens (primary N) is 1. The van der Waals surface area contributed by atoms with Crippen LogP contribution in [0.2, 0.25) is 0 Å². The Labute approximate surface area is 605 Å². The maximum atomic E-state index is 13.0. The first-order chi connectivity index (χ1) is 44.3. The maximum absolute atomic E-state index is 13.0. The van der Waals surface area contributed by atoms with Gasteiger partial charge < -0.3 is 10.8 Å². The number of aliphatic hydroxyl groups excluding tert-OH is 1. The van der Waals surface area contributed by atoms with E-state index in [2.05, 4.69) is 49.3 Å². The van der Waals surface area contributed by atoms with Crippen molar-refractivity contribution in [3.05, 3.63) is 168 Å². The van der Waals surface area contributed by atoms with Crippen LogP contribution in [0.25, 0.3) is 0 Å². The molecule has 0 radical (unpaired) electrons. The molecule has 8 rings (SSSR count). The third kappa shape index (κ3) is 22.9. The molecule has 4 aromatic heterocycles. The molecule has 534 valence electrons. The third-order valence-electron chi connectivity index (χ3n) is 14.5. The first-order valence-electron chi connectivity index (χ1n) is 30.0. The minimum absolute atomic E-state index is 0.00243. The van der Waals surface area contributed by atoms with Crippen LogP contribution < -0.4 is 5.73 Å². The molecule has 17 nitrogen and oxygen atoms in total.